The average molecular weight is 286 g/mol. The maximum absolute atomic E-state index is 8.58. The lowest BCUT2D eigenvalue weighted by Crippen LogP contribution is -2.43. The zero-order valence-electron chi connectivity index (χ0n) is 12.6. The van der Waals surface area contributed by atoms with Gasteiger partial charge in [-0.15, -0.1) is 0 Å². The third kappa shape index (κ3) is 3.49. The fourth-order valence-electron chi connectivity index (χ4n) is 2.54. The minimum atomic E-state index is 0.250. The van der Waals surface area contributed by atoms with Crippen molar-refractivity contribution in [3.8, 4) is 0 Å². The lowest BCUT2D eigenvalue weighted by atomic mass is 10.1. The third-order valence-electron chi connectivity index (χ3n) is 3.73. The lowest BCUT2D eigenvalue weighted by Gasteiger charge is -2.30. The van der Waals surface area contributed by atoms with Gasteiger partial charge < -0.3 is 16.0 Å². The van der Waals surface area contributed by atoms with Gasteiger partial charge in [-0.2, -0.15) is 0 Å². The average Bonchev–Trinajstić information content (AvgIpc) is 2.50. The first-order valence-corrected chi connectivity index (χ1v) is 7.15. The summed E-state index contributed by atoms with van der Waals surface area (Å²) in [5.74, 6) is 0. The topological polar surface area (TPSA) is 71.2 Å². The van der Waals surface area contributed by atoms with Crippen LogP contribution in [-0.4, -0.2) is 37.6 Å². The molecule has 0 atom stereocenters. The normalized spacial score (nSPS) is 14.5. The van der Waals surface area contributed by atoms with Crippen molar-refractivity contribution < 1.29 is 4.79 Å². The monoisotopic (exact) mass is 286 g/mol. The molecule has 21 heavy (non-hydrogen) atoms. The summed E-state index contributed by atoms with van der Waals surface area (Å²) in [7, 11) is 0. The predicted octanol–water partition coefficient (Wildman–Crippen LogP) is 1.36. The number of para-hydroxylation sites is 1. The number of nitrogens with two attached hydrogens (primary N) is 1. The van der Waals surface area contributed by atoms with E-state index in [9.17, 15) is 0 Å². The Morgan fingerprint density at radius 2 is 1.95 bits per heavy atom. The number of nitrogens with zero attached hydrogens (tertiary/aromatic N) is 2. The van der Waals surface area contributed by atoms with Crippen molar-refractivity contribution in [1.29, 1.82) is 0 Å². The molecule has 0 aliphatic carbocycles. The number of piperazine rings is 1. The molecule has 0 spiro atoms. The first-order chi connectivity index (χ1) is 10.2. The Bertz CT molecular complexity index is 621. The number of fused-ring (bicyclic) bond motifs is 1. The predicted molar refractivity (Wildman–Crippen MR) is 86.6 cm³/mol. The molecule has 0 bridgehead atoms. The number of pyridine rings is 1. The number of rotatable bonds is 1. The number of anilines is 1. The van der Waals surface area contributed by atoms with Crippen molar-refractivity contribution in [1.82, 2.24) is 10.3 Å². The van der Waals surface area contributed by atoms with Crippen LogP contribution in [0.25, 0.3) is 10.9 Å². The van der Waals surface area contributed by atoms with Crippen molar-refractivity contribution in [2.24, 2.45) is 5.73 Å². The number of primary amides is 1. The van der Waals surface area contributed by atoms with E-state index < -0.39 is 0 Å². The zero-order chi connectivity index (χ0) is 15.2. The summed E-state index contributed by atoms with van der Waals surface area (Å²) >= 11 is 0. The van der Waals surface area contributed by atoms with Crippen molar-refractivity contribution in [2.75, 3.05) is 31.1 Å². The number of benzene rings is 1. The Morgan fingerprint density at radius 1 is 1.29 bits per heavy atom. The van der Waals surface area contributed by atoms with Crippen LogP contribution in [0.1, 0.15) is 11.3 Å². The molecule has 1 saturated heterocycles. The molecule has 1 amide bonds. The molecule has 3 N–H and O–H groups in total. The van der Waals surface area contributed by atoms with E-state index in [-0.39, 0.29) is 6.41 Å². The Labute approximate surface area is 125 Å². The fourth-order valence-corrected chi connectivity index (χ4v) is 2.54. The molecule has 112 valence electrons. The van der Waals surface area contributed by atoms with Crippen molar-refractivity contribution in [3.63, 3.8) is 0 Å². The van der Waals surface area contributed by atoms with Gasteiger partial charge in [0.2, 0.25) is 6.41 Å². The van der Waals surface area contributed by atoms with Gasteiger partial charge in [0.15, 0.2) is 0 Å². The maximum Gasteiger partial charge on any atom is 0.204 e. The molecule has 1 aliphatic rings. The summed E-state index contributed by atoms with van der Waals surface area (Å²) in [6, 6.07) is 8.72. The van der Waals surface area contributed by atoms with Gasteiger partial charge in [-0.3, -0.25) is 9.78 Å². The number of carbonyl (C=O) groups is 1. The first-order valence-electron chi connectivity index (χ1n) is 7.15. The zero-order valence-corrected chi connectivity index (χ0v) is 12.6. The number of hydrogen-bond donors (Lipinski definition) is 2. The van der Waals surface area contributed by atoms with Gasteiger partial charge in [-0.25, -0.2) is 0 Å². The van der Waals surface area contributed by atoms with E-state index in [0.717, 1.165) is 37.4 Å². The summed E-state index contributed by atoms with van der Waals surface area (Å²) in [6.45, 7) is 8.45. The van der Waals surface area contributed by atoms with Crippen LogP contribution < -0.4 is 16.0 Å². The number of carbonyl (C=O) groups excluding carboxylic acids is 1. The SMILES string of the molecule is Cc1cc2cccc(N3CCNCC3)c2nc1C.NC=O. The molecule has 1 aliphatic heterocycles. The van der Waals surface area contributed by atoms with Crippen LogP contribution in [0, 0.1) is 13.8 Å². The highest BCUT2D eigenvalue weighted by Crippen LogP contribution is 2.26. The summed E-state index contributed by atoms with van der Waals surface area (Å²) in [4.78, 5) is 15.8. The fraction of sp³-hybridized carbons (Fsp3) is 0.375. The van der Waals surface area contributed by atoms with Crippen LogP contribution in [0.4, 0.5) is 5.69 Å². The Balaban J connectivity index is 0.000000497. The quantitative estimate of drug-likeness (QED) is 0.777. The molecule has 2 heterocycles. The standard InChI is InChI=1S/C15H19N3.CH3NO/c1-11-10-13-4-3-5-14(15(13)17-12(11)2)18-8-6-16-7-9-18;2-1-3/h3-5,10,16H,6-9H2,1-2H3;1H,(H2,2,3). The van der Waals surface area contributed by atoms with E-state index in [2.05, 4.69) is 54.1 Å². The molecule has 5 nitrogen and oxygen atoms in total. The molecule has 1 fully saturated rings. The molecular formula is C16H22N4O. The van der Waals surface area contributed by atoms with Crippen LogP contribution in [0.15, 0.2) is 24.3 Å². The van der Waals surface area contributed by atoms with E-state index in [1.807, 2.05) is 0 Å². The van der Waals surface area contributed by atoms with Gasteiger partial charge in [0.1, 0.15) is 0 Å². The number of hydrogen-bond acceptors (Lipinski definition) is 4. The highest BCUT2D eigenvalue weighted by molar-refractivity contribution is 5.91. The molecule has 0 radical (unpaired) electrons. The minimum absolute atomic E-state index is 0.250. The van der Waals surface area contributed by atoms with Gasteiger partial charge >= 0.3 is 0 Å². The number of aryl methyl sites for hydroxylation is 2. The van der Waals surface area contributed by atoms with Gasteiger partial charge in [0.25, 0.3) is 0 Å². The van der Waals surface area contributed by atoms with E-state index in [1.165, 1.54) is 16.6 Å². The van der Waals surface area contributed by atoms with Gasteiger partial charge in [-0.1, -0.05) is 12.1 Å². The van der Waals surface area contributed by atoms with Gasteiger partial charge in [0, 0.05) is 37.3 Å². The van der Waals surface area contributed by atoms with Crippen molar-refractivity contribution >= 4 is 23.0 Å². The van der Waals surface area contributed by atoms with E-state index in [0.29, 0.717) is 0 Å². The number of amides is 1. The molecule has 3 rings (SSSR count). The van der Waals surface area contributed by atoms with E-state index in [4.69, 9.17) is 9.78 Å². The van der Waals surface area contributed by atoms with E-state index in [1.54, 1.807) is 0 Å². The maximum atomic E-state index is 8.58. The van der Waals surface area contributed by atoms with Crippen LogP contribution >= 0.6 is 0 Å². The molecule has 0 saturated carbocycles. The lowest BCUT2D eigenvalue weighted by molar-refractivity contribution is -0.106. The Morgan fingerprint density at radius 3 is 2.62 bits per heavy atom. The Hall–Kier alpha value is -2.14. The second-order valence-electron chi connectivity index (χ2n) is 5.11. The van der Waals surface area contributed by atoms with E-state index >= 15 is 0 Å². The Kier molecular flexibility index (Phi) is 5.11. The van der Waals surface area contributed by atoms with Crippen molar-refractivity contribution in [2.45, 2.75) is 13.8 Å². The van der Waals surface area contributed by atoms with Gasteiger partial charge in [-0.05, 0) is 31.5 Å². The van der Waals surface area contributed by atoms with Crippen LogP contribution in [0.5, 0.6) is 0 Å². The highest BCUT2D eigenvalue weighted by Gasteiger charge is 2.14. The molecular weight excluding hydrogens is 264 g/mol. The second-order valence-corrected chi connectivity index (χ2v) is 5.11. The second kappa shape index (κ2) is 7.04. The summed E-state index contributed by atoms with van der Waals surface area (Å²) in [6.07, 6.45) is 0.250. The minimum Gasteiger partial charge on any atom is -0.372 e. The van der Waals surface area contributed by atoms with Crippen LogP contribution in [-0.2, 0) is 4.79 Å². The summed E-state index contributed by atoms with van der Waals surface area (Å²) in [5, 5.41) is 4.64. The highest BCUT2D eigenvalue weighted by atomic mass is 16.1. The molecule has 2 aromatic rings. The number of aromatic nitrogens is 1. The molecule has 1 aromatic carbocycles. The molecule has 5 heteroatoms. The van der Waals surface area contributed by atoms with Crippen molar-refractivity contribution in [3.05, 3.63) is 35.5 Å². The smallest absolute Gasteiger partial charge is 0.204 e. The summed E-state index contributed by atoms with van der Waals surface area (Å²) in [5.41, 5.74) is 8.98. The third-order valence-corrected chi connectivity index (χ3v) is 3.73. The van der Waals surface area contributed by atoms with Crippen LogP contribution in [0.2, 0.25) is 0 Å². The molecule has 0 unspecified atom stereocenters. The molecule has 1 aromatic heterocycles. The summed E-state index contributed by atoms with van der Waals surface area (Å²) < 4.78 is 0. The first kappa shape index (κ1) is 15.3. The van der Waals surface area contributed by atoms with Gasteiger partial charge in [0.05, 0.1) is 11.2 Å². The van der Waals surface area contributed by atoms with Crippen LogP contribution in [0.3, 0.4) is 0 Å². The number of nitrogens with one attached hydrogen (secondary N) is 1. The largest absolute Gasteiger partial charge is 0.372 e.